The Morgan fingerprint density at radius 3 is 3.12 bits per heavy atom. The third-order valence-corrected chi connectivity index (χ3v) is 2.97. The van der Waals surface area contributed by atoms with Gasteiger partial charge < -0.3 is 10.6 Å². The number of hydrogen-bond donors (Lipinski definition) is 1. The van der Waals surface area contributed by atoms with Crippen LogP contribution in [0.1, 0.15) is 12.8 Å². The first-order valence-electron chi connectivity index (χ1n) is 5.60. The average molecular weight is 223 g/mol. The molecule has 0 aromatic carbocycles. The molecule has 1 aromatic rings. The van der Waals surface area contributed by atoms with Crippen LogP contribution in [-0.4, -0.2) is 45.2 Å². The maximum atomic E-state index is 11.9. The SMILES string of the molecule is NCC1CCCN(C(=O)Cn2cncn2)C1. The highest BCUT2D eigenvalue weighted by atomic mass is 16.2. The highest BCUT2D eigenvalue weighted by Crippen LogP contribution is 2.15. The Balaban J connectivity index is 1.89. The number of carbonyl (C=O) groups is 1. The summed E-state index contributed by atoms with van der Waals surface area (Å²) in [6.07, 6.45) is 5.17. The van der Waals surface area contributed by atoms with E-state index in [2.05, 4.69) is 10.1 Å². The van der Waals surface area contributed by atoms with Gasteiger partial charge in [-0.15, -0.1) is 0 Å². The summed E-state index contributed by atoms with van der Waals surface area (Å²) in [5.74, 6) is 0.553. The van der Waals surface area contributed by atoms with Gasteiger partial charge in [0.1, 0.15) is 19.2 Å². The number of nitrogens with zero attached hydrogens (tertiary/aromatic N) is 4. The molecule has 0 radical (unpaired) electrons. The average Bonchev–Trinajstić information content (AvgIpc) is 2.82. The zero-order valence-electron chi connectivity index (χ0n) is 9.25. The molecule has 1 aliphatic heterocycles. The lowest BCUT2D eigenvalue weighted by atomic mass is 9.98. The Morgan fingerprint density at radius 1 is 1.56 bits per heavy atom. The number of carbonyl (C=O) groups excluding carboxylic acids is 1. The van der Waals surface area contributed by atoms with Crippen molar-refractivity contribution in [3.63, 3.8) is 0 Å². The number of rotatable bonds is 3. The fraction of sp³-hybridized carbons (Fsp3) is 0.700. The summed E-state index contributed by atoms with van der Waals surface area (Å²) >= 11 is 0. The Hall–Kier alpha value is -1.43. The first kappa shape index (κ1) is 11.1. The van der Waals surface area contributed by atoms with E-state index in [1.807, 2.05) is 4.90 Å². The van der Waals surface area contributed by atoms with E-state index in [9.17, 15) is 4.79 Å². The Bertz CT molecular complexity index is 337. The van der Waals surface area contributed by atoms with E-state index >= 15 is 0 Å². The summed E-state index contributed by atoms with van der Waals surface area (Å²) in [6, 6.07) is 0. The van der Waals surface area contributed by atoms with Crippen molar-refractivity contribution in [1.82, 2.24) is 19.7 Å². The summed E-state index contributed by atoms with van der Waals surface area (Å²) in [5, 5.41) is 3.92. The number of aromatic nitrogens is 3. The maximum absolute atomic E-state index is 11.9. The van der Waals surface area contributed by atoms with Crippen molar-refractivity contribution in [2.45, 2.75) is 19.4 Å². The van der Waals surface area contributed by atoms with Crippen LogP contribution in [0.5, 0.6) is 0 Å². The van der Waals surface area contributed by atoms with Crippen molar-refractivity contribution in [3.8, 4) is 0 Å². The molecule has 6 nitrogen and oxygen atoms in total. The van der Waals surface area contributed by atoms with Crippen molar-refractivity contribution in [2.75, 3.05) is 19.6 Å². The second-order valence-electron chi connectivity index (χ2n) is 4.18. The molecule has 2 rings (SSSR count). The predicted molar refractivity (Wildman–Crippen MR) is 58.4 cm³/mol. The molecule has 0 bridgehead atoms. The predicted octanol–water partition coefficient (Wildman–Crippen LogP) is -0.525. The van der Waals surface area contributed by atoms with Crippen LogP contribution >= 0.6 is 0 Å². The largest absolute Gasteiger partial charge is 0.341 e. The summed E-state index contributed by atoms with van der Waals surface area (Å²) in [5.41, 5.74) is 5.64. The second-order valence-corrected chi connectivity index (χ2v) is 4.18. The van der Waals surface area contributed by atoms with Gasteiger partial charge in [0.05, 0.1) is 0 Å². The lowest BCUT2D eigenvalue weighted by molar-refractivity contribution is -0.133. The molecule has 88 valence electrons. The molecule has 1 aliphatic rings. The fourth-order valence-electron chi connectivity index (χ4n) is 2.04. The van der Waals surface area contributed by atoms with Gasteiger partial charge in [0.15, 0.2) is 0 Å². The lowest BCUT2D eigenvalue weighted by Gasteiger charge is -2.32. The van der Waals surface area contributed by atoms with E-state index in [0.717, 1.165) is 25.9 Å². The zero-order valence-corrected chi connectivity index (χ0v) is 9.25. The summed E-state index contributed by atoms with van der Waals surface area (Å²) in [6.45, 7) is 2.55. The molecular formula is C10H17N5O. The Kier molecular flexibility index (Phi) is 3.51. The van der Waals surface area contributed by atoms with E-state index in [-0.39, 0.29) is 12.5 Å². The minimum atomic E-state index is 0.101. The third kappa shape index (κ3) is 2.57. The molecule has 1 atom stereocenters. The van der Waals surface area contributed by atoms with E-state index in [0.29, 0.717) is 12.5 Å². The second kappa shape index (κ2) is 5.07. The molecular weight excluding hydrogens is 206 g/mol. The molecule has 1 unspecified atom stereocenters. The van der Waals surface area contributed by atoms with Crippen LogP contribution in [0.25, 0.3) is 0 Å². The number of piperidine rings is 1. The number of hydrogen-bond acceptors (Lipinski definition) is 4. The third-order valence-electron chi connectivity index (χ3n) is 2.97. The molecule has 16 heavy (non-hydrogen) atoms. The molecule has 1 saturated heterocycles. The summed E-state index contributed by atoms with van der Waals surface area (Å²) in [4.78, 5) is 17.6. The van der Waals surface area contributed by atoms with Crippen LogP contribution in [0.4, 0.5) is 0 Å². The van der Waals surface area contributed by atoms with Crippen LogP contribution < -0.4 is 5.73 Å². The molecule has 0 saturated carbocycles. The quantitative estimate of drug-likeness (QED) is 0.747. The monoisotopic (exact) mass is 223 g/mol. The van der Waals surface area contributed by atoms with Crippen molar-refractivity contribution < 1.29 is 4.79 Å². The van der Waals surface area contributed by atoms with Crippen molar-refractivity contribution in [1.29, 1.82) is 0 Å². The van der Waals surface area contributed by atoms with Gasteiger partial charge in [-0.3, -0.25) is 4.79 Å². The van der Waals surface area contributed by atoms with Gasteiger partial charge >= 0.3 is 0 Å². The van der Waals surface area contributed by atoms with Gasteiger partial charge in [-0.25, -0.2) is 9.67 Å². The normalized spacial score (nSPS) is 21.1. The van der Waals surface area contributed by atoms with Crippen molar-refractivity contribution >= 4 is 5.91 Å². The molecule has 0 spiro atoms. The maximum Gasteiger partial charge on any atom is 0.244 e. The van der Waals surface area contributed by atoms with Gasteiger partial charge in [-0.05, 0) is 25.3 Å². The topological polar surface area (TPSA) is 77.0 Å². The fourth-order valence-corrected chi connectivity index (χ4v) is 2.04. The highest BCUT2D eigenvalue weighted by molar-refractivity contribution is 5.75. The van der Waals surface area contributed by atoms with Crippen molar-refractivity contribution in [2.24, 2.45) is 11.7 Å². The summed E-state index contributed by atoms with van der Waals surface area (Å²) in [7, 11) is 0. The molecule has 1 aromatic heterocycles. The minimum absolute atomic E-state index is 0.101. The first-order chi connectivity index (χ1) is 7.79. The smallest absolute Gasteiger partial charge is 0.244 e. The van der Waals surface area contributed by atoms with Crippen molar-refractivity contribution in [3.05, 3.63) is 12.7 Å². The van der Waals surface area contributed by atoms with E-state index in [1.54, 1.807) is 11.0 Å². The van der Waals surface area contributed by atoms with Crippen LogP contribution in [0.3, 0.4) is 0 Å². The minimum Gasteiger partial charge on any atom is -0.341 e. The molecule has 2 heterocycles. The van der Waals surface area contributed by atoms with Gasteiger partial charge in [-0.2, -0.15) is 5.10 Å². The van der Waals surface area contributed by atoms with Gasteiger partial charge in [0.2, 0.25) is 5.91 Å². The number of amides is 1. The molecule has 1 amide bonds. The van der Waals surface area contributed by atoms with E-state index < -0.39 is 0 Å². The van der Waals surface area contributed by atoms with Crippen LogP contribution in [-0.2, 0) is 11.3 Å². The lowest BCUT2D eigenvalue weighted by Crippen LogP contribution is -2.43. The van der Waals surface area contributed by atoms with E-state index in [4.69, 9.17) is 5.73 Å². The van der Waals surface area contributed by atoms with Crippen LogP contribution in [0.2, 0.25) is 0 Å². The Morgan fingerprint density at radius 2 is 2.44 bits per heavy atom. The molecule has 2 N–H and O–H groups in total. The molecule has 0 aliphatic carbocycles. The van der Waals surface area contributed by atoms with E-state index in [1.165, 1.54) is 6.33 Å². The number of likely N-dealkylation sites (tertiary alicyclic amines) is 1. The highest BCUT2D eigenvalue weighted by Gasteiger charge is 2.22. The molecule has 1 fully saturated rings. The van der Waals surface area contributed by atoms with Crippen LogP contribution in [0.15, 0.2) is 12.7 Å². The van der Waals surface area contributed by atoms with Gasteiger partial charge in [0.25, 0.3) is 0 Å². The number of nitrogens with two attached hydrogens (primary N) is 1. The van der Waals surface area contributed by atoms with Gasteiger partial charge in [-0.1, -0.05) is 0 Å². The Labute approximate surface area is 94.4 Å². The summed E-state index contributed by atoms with van der Waals surface area (Å²) < 4.78 is 1.55. The zero-order chi connectivity index (χ0) is 11.4. The van der Waals surface area contributed by atoms with Gasteiger partial charge in [0, 0.05) is 13.1 Å². The first-order valence-corrected chi connectivity index (χ1v) is 5.60. The standard InChI is InChI=1S/C10H17N5O/c11-4-9-2-1-3-14(5-9)10(16)6-15-8-12-7-13-15/h7-9H,1-6,11H2. The molecule has 6 heteroatoms. The van der Waals surface area contributed by atoms with Crippen LogP contribution in [0, 0.1) is 5.92 Å².